The summed E-state index contributed by atoms with van der Waals surface area (Å²) in [7, 11) is 1.36. The molecule has 2 unspecified atom stereocenters. The van der Waals surface area contributed by atoms with Crippen LogP contribution in [0.2, 0.25) is 0 Å². The van der Waals surface area contributed by atoms with Crippen molar-refractivity contribution in [2.24, 2.45) is 17.8 Å². The molecule has 144 valence electrons. The second kappa shape index (κ2) is 7.61. The van der Waals surface area contributed by atoms with Crippen LogP contribution in [0.5, 0.6) is 0 Å². The summed E-state index contributed by atoms with van der Waals surface area (Å²) in [6.07, 6.45) is 8.82. The van der Waals surface area contributed by atoms with Crippen molar-refractivity contribution in [3.63, 3.8) is 0 Å². The lowest BCUT2D eigenvalue weighted by molar-refractivity contribution is 0.0601. The molecule has 4 atom stereocenters. The molecular formula is C24H29FO2. The molecule has 2 nitrogen and oxygen atoms in total. The Morgan fingerprint density at radius 3 is 2.63 bits per heavy atom. The lowest BCUT2D eigenvalue weighted by Gasteiger charge is -2.42. The number of carbonyl (C=O) groups excluding carboxylic acids is 1. The molecule has 4 rings (SSSR count). The van der Waals surface area contributed by atoms with Gasteiger partial charge in [0, 0.05) is 5.39 Å². The van der Waals surface area contributed by atoms with Crippen molar-refractivity contribution in [2.45, 2.75) is 57.8 Å². The van der Waals surface area contributed by atoms with Gasteiger partial charge in [-0.1, -0.05) is 38.0 Å². The number of rotatable bonds is 3. The zero-order valence-electron chi connectivity index (χ0n) is 16.3. The SMILES string of the molecule is CCC1CC[C@@H]2CC(c3ccc4cc(C(=O)OC)ccc4c3F)CC[C@H]2C1. The van der Waals surface area contributed by atoms with E-state index in [4.69, 9.17) is 4.74 Å². The van der Waals surface area contributed by atoms with Crippen LogP contribution in [0, 0.1) is 23.6 Å². The zero-order valence-corrected chi connectivity index (χ0v) is 16.3. The molecule has 2 aliphatic carbocycles. The molecule has 0 amide bonds. The predicted octanol–water partition coefficient (Wildman–Crippen LogP) is 6.48. The number of halogens is 1. The standard InChI is InChI=1S/C24H29FO2/c1-3-15-4-5-17-13-18(7-6-16(17)12-15)21-10-8-19-14-20(24(26)27-2)9-11-22(19)23(21)25/h8-11,14-18H,3-7,12-13H2,1-2H3/t15?,16-,17+,18?/m0/s1. The quantitative estimate of drug-likeness (QED) is 0.580. The Bertz CT molecular complexity index is 844. The van der Waals surface area contributed by atoms with Gasteiger partial charge < -0.3 is 4.74 Å². The molecule has 3 heteroatoms. The first kappa shape index (κ1) is 18.5. The average Bonchev–Trinajstić information content (AvgIpc) is 2.72. The first-order valence-corrected chi connectivity index (χ1v) is 10.4. The van der Waals surface area contributed by atoms with Gasteiger partial charge in [0.2, 0.25) is 0 Å². The first-order valence-electron chi connectivity index (χ1n) is 10.4. The van der Waals surface area contributed by atoms with Crippen LogP contribution in [0.3, 0.4) is 0 Å². The van der Waals surface area contributed by atoms with Gasteiger partial charge in [-0.2, -0.15) is 0 Å². The molecule has 2 aromatic rings. The Hall–Kier alpha value is -1.90. The normalized spacial score (nSPS) is 28.0. The predicted molar refractivity (Wildman–Crippen MR) is 106 cm³/mol. The molecule has 2 saturated carbocycles. The summed E-state index contributed by atoms with van der Waals surface area (Å²) in [6.45, 7) is 2.31. The van der Waals surface area contributed by atoms with Crippen molar-refractivity contribution >= 4 is 16.7 Å². The average molecular weight is 368 g/mol. The van der Waals surface area contributed by atoms with E-state index in [9.17, 15) is 4.79 Å². The summed E-state index contributed by atoms with van der Waals surface area (Å²) in [5.41, 5.74) is 1.33. The summed E-state index contributed by atoms with van der Waals surface area (Å²) in [5, 5.41) is 1.37. The van der Waals surface area contributed by atoms with Crippen LogP contribution in [0.4, 0.5) is 4.39 Å². The zero-order chi connectivity index (χ0) is 19.0. The molecule has 0 aromatic heterocycles. The minimum atomic E-state index is -0.387. The third kappa shape index (κ3) is 3.49. The Kier molecular flexibility index (Phi) is 5.21. The van der Waals surface area contributed by atoms with E-state index >= 15 is 4.39 Å². The molecule has 0 aliphatic heterocycles. The molecule has 0 heterocycles. The van der Waals surface area contributed by atoms with Crippen LogP contribution in [0.15, 0.2) is 30.3 Å². The Balaban J connectivity index is 1.57. The Morgan fingerprint density at radius 2 is 1.85 bits per heavy atom. The second-order valence-corrected chi connectivity index (χ2v) is 8.51. The fourth-order valence-corrected chi connectivity index (χ4v) is 5.51. The second-order valence-electron chi connectivity index (χ2n) is 8.51. The maximum Gasteiger partial charge on any atom is 0.337 e. The highest BCUT2D eigenvalue weighted by Crippen LogP contribution is 2.48. The topological polar surface area (TPSA) is 26.3 Å². The summed E-state index contributed by atoms with van der Waals surface area (Å²) in [5.74, 6) is 2.37. The monoisotopic (exact) mass is 368 g/mol. The van der Waals surface area contributed by atoms with E-state index in [0.717, 1.165) is 41.5 Å². The number of esters is 1. The van der Waals surface area contributed by atoms with E-state index in [1.165, 1.54) is 39.2 Å². The highest BCUT2D eigenvalue weighted by Gasteiger charge is 2.36. The fraction of sp³-hybridized carbons (Fsp3) is 0.542. The van der Waals surface area contributed by atoms with Gasteiger partial charge in [0.05, 0.1) is 12.7 Å². The van der Waals surface area contributed by atoms with Crippen molar-refractivity contribution in [3.05, 3.63) is 47.3 Å². The van der Waals surface area contributed by atoms with Crippen LogP contribution in [0.1, 0.15) is 73.7 Å². The highest BCUT2D eigenvalue weighted by molar-refractivity contribution is 5.95. The Labute approximate surface area is 161 Å². The van der Waals surface area contributed by atoms with Gasteiger partial charge in [0.15, 0.2) is 0 Å². The third-order valence-electron chi connectivity index (χ3n) is 7.14. The van der Waals surface area contributed by atoms with Gasteiger partial charge in [-0.3, -0.25) is 0 Å². The number of methoxy groups -OCH3 is 1. The van der Waals surface area contributed by atoms with Crippen LogP contribution in [-0.4, -0.2) is 13.1 Å². The van der Waals surface area contributed by atoms with E-state index in [2.05, 4.69) is 6.92 Å². The molecule has 0 bridgehead atoms. The van der Waals surface area contributed by atoms with E-state index in [1.54, 1.807) is 18.2 Å². The van der Waals surface area contributed by atoms with Crippen LogP contribution in [-0.2, 0) is 4.74 Å². The van der Waals surface area contributed by atoms with Gasteiger partial charge in [-0.05, 0) is 78.9 Å². The minimum absolute atomic E-state index is 0.102. The number of carbonyl (C=O) groups is 1. The molecule has 0 saturated heterocycles. The summed E-state index contributed by atoms with van der Waals surface area (Å²) < 4.78 is 20.1. The molecule has 0 spiro atoms. The first-order chi connectivity index (χ1) is 13.1. The number of fused-ring (bicyclic) bond motifs is 2. The fourth-order valence-electron chi connectivity index (χ4n) is 5.51. The third-order valence-corrected chi connectivity index (χ3v) is 7.14. The molecule has 0 N–H and O–H groups in total. The summed E-state index contributed by atoms with van der Waals surface area (Å²) >= 11 is 0. The summed E-state index contributed by atoms with van der Waals surface area (Å²) in [6, 6.07) is 9.00. The Morgan fingerprint density at radius 1 is 1.07 bits per heavy atom. The van der Waals surface area contributed by atoms with Gasteiger partial charge >= 0.3 is 5.97 Å². The van der Waals surface area contributed by atoms with Gasteiger partial charge in [0.1, 0.15) is 5.82 Å². The maximum absolute atomic E-state index is 15.3. The molecule has 2 aliphatic rings. The highest BCUT2D eigenvalue weighted by atomic mass is 19.1. The van der Waals surface area contributed by atoms with Gasteiger partial charge in [-0.15, -0.1) is 0 Å². The lowest BCUT2D eigenvalue weighted by Crippen LogP contribution is -2.30. The maximum atomic E-state index is 15.3. The van der Waals surface area contributed by atoms with Crippen LogP contribution in [0.25, 0.3) is 10.8 Å². The van der Waals surface area contributed by atoms with Crippen molar-refractivity contribution in [1.82, 2.24) is 0 Å². The van der Waals surface area contributed by atoms with Crippen molar-refractivity contribution in [1.29, 1.82) is 0 Å². The van der Waals surface area contributed by atoms with Gasteiger partial charge in [0.25, 0.3) is 0 Å². The largest absolute Gasteiger partial charge is 0.465 e. The molecular weight excluding hydrogens is 339 g/mol. The number of ether oxygens (including phenoxy) is 1. The molecule has 27 heavy (non-hydrogen) atoms. The lowest BCUT2D eigenvalue weighted by atomic mass is 9.63. The summed E-state index contributed by atoms with van der Waals surface area (Å²) in [4.78, 5) is 11.7. The van der Waals surface area contributed by atoms with E-state index < -0.39 is 0 Å². The van der Waals surface area contributed by atoms with Crippen LogP contribution < -0.4 is 0 Å². The molecule has 2 fully saturated rings. The van der Waals surface area contributed by atoms with Crippen LogP contribution >= 0.6 is 0 Å². The van der Waals surface area contributed by atoms with E-state index in [-0.39, 0.29) is 11.8 Å². The number of hydrogen-bond acceptors (Lipinski definition) is 2. The minimum Gasteiger partial charge on any atom is -0.465 e. The number of benzene rings is 2. The van der Waals surface area contributed by atoms with Crippen molar-refractivity contribution in [2.75, 3.05) is 7.11 Å². The van der Waals surface area contributed by atoms with Crippen molar-refractivity contribution in [3.8, 4) is 0 Å². The number of hydrogen-bond donors (Lipinski definition) is 0. The smallest absolute Gasteiger partial charge is 0.337 e. The van der Waals surface area contributed by atoms with Crippen molar-refractivity contribution < 1.29 is 13.9 Å². The van der Waals surface area contributed by atoms with E-state index in [1.807, 2.05) is 12.1 Å². The van der Waals surface area contributed by atoms with E-state index in [0.29, 0.717) is 16.9 Å². The van der Waals surface area contributed by atoms with Gasteiger partial charge in [-0.25, -0.2) is 9.18 Å². The molecule has 2 aromatic carbocycles. The molecule has 0 radical (unpaired) electrons.